The molecule has 3 aromatic carbocycles. The summed E-state index contributed by atoms with van der Waals surface area (Å²) in [5, 5.41) is 0.792. The minimum atomic E-state index is 0.138. The number of aryl methyl sites for hydroxylation is 2. The molecule has 0 aliphatic carbocycles. The van der Waals surface area contributed by atoms with Gasteiger partial charge in [-0.1, -0.05) is 67.9 Å². The molecule has 0 N–H and O–H groups in total. The van der Waals surface area contributed by atoms with Gasteiger partial charge in [0.15, 0.2) is 0 Å². The largest absolute Gasteiger partial charge is 0.457 e. The van der Waals surface area contributed by atoms with Gasteiger partial charge in [0.25, 0.3) is 0 Å². The van der Waals surface area contributed by atoms with E-state index in [9.17, 15) is 0 Å². The highest BCUT2D eigenvalue weighted by molar-refractivity contribution is 6.30. The van der Waals surface area contributed by atoms with Crippen molar-refractivity contribution < 1.29 is 4.74 Å². The van der Waals surface area contributed by atoms with Crippen LogP contribution < -0.4 is 4.74 Å². The number of hydrogen-bond acceptors (Lipinski definition) is 1. The summed E-state index contributed by atoms with van der Waals surface area (Å²) in [6, 6.07) is 24.7. The molecule has 0 aromatic heterocycles. The lowest BCUT2D eigenvalue weighted by Crippen LogP contribution is -2.17. The Morgan fingerprint density at radius 3 is 2.30 bits per heavy atom. The summed E-state index contributed by atoms with van der Waals surface area (Å²) in [7, 11) is 0. The van der Waals surface area contributed by atoms with Crippen molar-refractivity contribution in [2.75, 3.05) is 0 Å². The molecule has 0 amide bonds. The summed E-state index contributed by atoms with van der Waals surface area (Å²) in [5.74, 6) is 1.82. The number of ether oxygens (including phenoxy) is 1. The zero-order chi connectivity index (χ0) is 19.3. The highest BCUT2D eigenvalue weighted by atomic mass is 35.5. The first-order valence-electron chi connectivity index (χ1n) is 9.52. The molecule has 2 heteroatoms. The molecule has 27 heavy (non-hydrogen) atoms. The van der Waals surface area contributed by atoms with Crippen LogP contribution in [0.5, 0.6) is 11.5 Å². The summed E-state index contributed by atoms with van der Waals surface area (Å²) in [4.78, 5) is 0. The molecular weight excluding hydrogens is 352 g/mol. The van der Waals surface area contributed by atoms with Gasteiger partial charge in [-0.3, -0.25) is 0 Å². The standard InChI is InChI=1S/C25H27ClO/c1-19-11-12-20(18-24(19)27-23-9-5-4-6-10-23)8-7-17-25(2,3)21-13-15-22(26)16-14-21/h4-6,9-16,18H,7-8,17H2,1-3H3. The second-order valence-electron chi connectivity index (χ2n) is 7.76. The Kier molecular flexibility index (Phi) is 6.23. The van der Waals surface area contributed by atoms with Crippen LogP contribution in [0.15, 0.2) is 72.8 Å². The molecule has 0 saturated carbocycles. The maximum atomic E-state index is 6.07. The van der Waals surface area contributed by atoms with Crippen molar-refractivity contribution in [3.8, 4) is 11.5 Å². The predicted octanol–water partition coefficient (Wildman–Crippen LogP) is 7.74. The van der Waals surface area contributed by atoms with Crippen molar-refractivity contribution >= 4 is 11.6 Å². The van der Waals surface area contributed by atoms with Crippen LogP contribution in [0.25, 0.3) is 0 Å². The van der Waals surface area contributed by atoms with E-state index in [-0.39, 0.29) is 5.41 Å². The van der Waals surface area contributed by atoms with Crippen molar-refractivity contribution in [3.05, 3.63) is 94.5 Å². The van der Waals surface area contributed by atoms with Gasteiger partial charge >= 0.3 is 0 Å². The van der Waals surface area contributed by atoms with Crippen molar-refractivity contribution in [3.63, 3.8) is 0 Å². The molecule has 0 unspecified atom stereocenters. The smallest absolute Gasteiger partial charge is 0.130 e. The lowest BCUT2D eigenvalue weighted by molar-refractivity contribution is 0.459. The Hall–Kier alpha value is -2.25. The van der Waals surface area contributed by atoms with Crippen molar-refractivity contribution in [2.24, 2.45) is 0 Å². The number of rotatable bonds is 7. The summed E-state index contributed by atoms with van der Waals surface area (Å²) >= 11 is 6.02. The topological polar surface area (TPSA) is 9.23 Å². The van der Waals surface area contributed by atoms with Crippen LogP contribution in [0, 0.1) is 6.92 Å². The van der Waals surface area contributed by atoms with Crippen LogP contribution in [0.3, 0.4) is 0 Å². The van der Waals surface area contributed by atoms with Crippen LogP contribution in [-0.4, -0.2) is 0 Å². The normalized spacial score (nSPS) is 11.4. The molecule has 140 valence electrons. The first-order chi connectivity index (χ1) is 12.9. The van der Waals surface area contributed by atoms with E-state index in [1.54, 1.807) is 0 Å². The van der Waals surface area contributed by atoms with Crippen LogP contribution in [-0.2, 0) is 11.8 Å². The molecule has 3 aromatic rings. The Morgan fingerprint density at radius 2 is 1.59 bits per heavy atom. The predicted molar refractivity (Wildman–Crippen MR) is 115 cm³/mol. The lowest BCUT2D eigenvalue weighted by Gasteiger charge is -2.25. The van der Waals surface area contributed by atoms with Crippen LogP contribution in [0.2, 0.25) is 5.02 Å². The summed E-state index contributed by atoms with van der Waals surface area (Å²) in [5.41, 5.74) is 3.95. The van der Waals surface area contributed by atoms with E-state index in [1.807, 2.05) is 42.5 Å². The zero-order valence-corrected chi connectivity index (χ0v) is 17.1. The van der Waals surface area contributed by atoms with Gasteiger partial charge in [-0.2, -0.15) is 0 Å². The third-order valence-electron chi connectivity index (χ3n) is 5.12. The van der Waals surface area contributed by atoms with E-state index in [1.165, 1.54) is 11.1 Å². The number of halogens is 1. The van der Waals surface area contributed by atoms with Crippen molar-refractivity contribution in [2.45, 2.75) is 45.4 Å². The first kappa shape index (κ1) is 19.5. The Labute approximate surface area is 168 Å². The second kappa shape index (κ2) is 8.63. The molecule has 1 nitrogen and oxygen atoms in total. The average Bonchev–Trinajstić information content (AvgIpc) is 2.65. The van der Waals surface area contributed by atoms with E-state index in [0.29, 0.717) is 0 Å². The fourth-order valence-corrected chi connectivity index (χ4v) is 3.43. The minimum absolute atomic E-state index is 0.138. The number of para-hydroxylation sites is 1. The van der Waals surface area contributed by atoms with E-state index in [4.69, 9.17) is 16.3 Å². The van der Waals surface area contributed by atoms with Gasteiger partial charge in [0.1, 0.15) is 11.5 Å². The zero-order valence-electron chi connectivity index (χ0n) is 16.3. The minimum Gasteiger partial charge on any atom is -0.457 e. The maximum Gasteiger partial charge on any atom is 0.130 e. The Morgan fingerprint density at radius 1 is 0.889 bits per heavy atom. The van der Waals surface area contributed by atoms with Crippen LogP contribution >= 0.6 is 11.6 Å². The van der Waals surface area contributed by atoms with Crippen molar-refractivity contribution in [1.82, 2.24) is 0 Å². The highest BCUT2D eigenvalue weighted by Gasteiger charge is 2.20. The molecule has 0 aliphatic rings. The third kappa shape index (κ3) is 5.37. The van der Waals surface area contributed by atoms with E-state index in [0.717, 1.165) is 41.3 Å². The van der Waals surface area contributed by atoms with Crippen molar-refractivity contribution in [1.29, 1.82) is 0 Å². The first-order valence-corrected chi connectivity index (χ1v) is 9.90. The molecule has 0 fully saturated rings. The van der Waals surface area contributed by atoms with E-state index < -0.39 is 0 Å². The average molecular weight is 379 g/mol. The molecule has 0 radical (unpaired) electrons. The van der Waals surface area contributed by atoms with Gasteiger partial charge in [-0.15, -0.1) is 0 Å². The molecule has 0 spiro atoms. The van der Waals surface area contributed by atoms with E-state index >= 15 is 0 Å². The monoisotopic (exact) mass is 378 g/mol. The molecule has 3 rings (SSSR count). The molecule has 0 atom stereocenters. The Bertz CT molecular complexity index is 867. The summed E-state index contributed by atoms with van der Waals surface area (Å²) in [6.07, 6.45) is 3.29. The fourth-order valence-electron chi connectivity index (χ4n) is 3.31. The van der Waals surface area contributed by atoms with Crippen LogP contribution in [0.1, 0.15) is 43.4 Å². The Balaban J connectivity index is 1.62. The summed E-state index contributed by atoms with van der Waals surface area (Å²) < 4.78 is 6.07. The van der Waals surface area contributed by atoms with Gasteiger partial charge in [0, 0.05) is 5.02 Å². The summed E-state index contributed by atoms with van der Waals surface area (Å²) in [6.45, 7) is 6.69. The SMILES string of the molecule is Cc1ccc(CCCC(C)(C)c2ccc(Cl)cc2)cc1Oc1ccccc1. The molecular formula is C25H27ClO. The molecule has 0 aliphatic heterocycles. The van der Waals surface area contributed by atoms with Crippen LogP contribution in [0.4, 0.5) is 0 Å². The van der Waals surface area contributed by atoms with E-state index in [2.05, 4.69) is 51.1 Å². The third-order valence-corrected chi connectivity index (χ3v) is 5.37. The van der Waals surface area contributed by atoms with Gasteiger partial charge in [-0.05, 0) is 78.6 Å². The van der Waals surface area contributed by atoms with Gasteiger partial charge < -0.3 is 4.74 Å². The lowest BCUT2D eigenvalue weighted by atomic mass is 9.80. The van der Waals surface area contributed by atoms with Gasteiger partial charge in [-0.25, -0.2) is 0 Å². The molecule has 0 saturated heterocycles. The number of hydrogen-bond donors (Lipinski definition) is 0. The molecule has 0 bridgehead atoms. The van der Waals surface area contributed by atoms with Gasteiger partial charge in [0.05, 0.1) is 0 Å². The van der Waals surface area contributed by atoms with Gasteiger partial charge in [0.2, 0.25) is 0 Å². The second-order valence-corrected chi connectivity index (χ2v) is 8.20. The molecule has 0 heterocycles. The maximum absolute atomic E-state index is 6.07. The quantitative estimate of drug-likeness (QED) is 0.408. The number of benzene rings is 3. The highest BCUT2D eigenvalue weighted by Crippen LogP contribution is 2.31. The fraction of sp³-hybridized carbons (Fsp3) is 0.280.